The van der Waals surface area contributed by atoms with Gasteiger partial charge in [-0.15, -0.1) is 0 Å². The average molecular weight is 649 g/mol. The molecule has 0 aliphatic carbocycles. The summed E-state index contributed by atoms with van der Waals surface area (Å²) >= 11 is 0. The van der Waals surface area contributed by atoms with Crippen molar-refractivity contribution in [2.24, 2.45) is 0 Å². The third-order valence-corrected chi connectivity index (χ3v) is 10.2. The Hall–Kier alpha value is -4.54. The van der Waals surface area contributed by atoms with Gasteiger partial charge >= 0.3 is 0 Å². The highest BCUT2D eigenvalue weighted by atomic mass is 32.2. The van der Waals surface area contributed by atoms with Gasteiger partial charge in [0.05, 0.1) is 31.8 Å². The maximum Gasteiger partial charge on any atom is 0.206 e. The van der Waals surface area contributed by atoms with Crippen molar-refractivity contribution in [3.8, 4) is 23.0 Å². The second-order valence-electron chi connectivity index (χ2n) is 10.2. The highest BCUT2D eigenvalue weighted by Crippen LogP contribution is 2.27. The second kappa shape index (κ2) is 15.0. The Bertz CT molecular complexity index is 1640. The molecule has 2 unspecified atom stereocenters. The molecule has 236 valence electrons. The molecule has 0 saturated carbocycles. The van der Waals surface area contributed by atoms with Gasteiger partial charge in [0.25, 0.3) is 0 Å². The summed E-state index contributed by atoms with van der Waals surface area (Å²) in [6, 6.07) is 25.0. The molecule has 0 saturated heterocycles. The van der Waals surface area contributed by atoms with Gasteiger partial charge in [0, 0.05) is 6.42 Å². The molecule has 2 atom stereocenters. The molecule has 45 heavy (non-hydrogen) atoms. The molecule has 4 aromatic rings. The van der Waals surface area contributed by atoms with Gasteiger partial charge in [-0.05, 0) is 111 Å². The van der Waals surface area contributed by atoms with Gasteiger partial charge < -0.3 is 18.9 Å². The lowest BCUT2D eigenvalue weighted by Crippen LogP contribution is -2.22. The van der Waals surface area contributed by atoms with E-state index < -0.39 is 19.7 Å². The largest absolute Gasteiger partial charge is 0.491 e. The SMILES string of the molecule is C=CCOc1ccc(S(=O)(=O)c2ccc(OC(C)CC(C)Oc3ccc(S(=O)(=O)c4ccc(OCC=C)cc4)cc3)cc2)cc1. The quantitative estimate of drug-likeness (QED) is 0.118. The van der Waals surface area contributed by atoms with Gasteiger partial charge in [0.2, 0.25) is 19.7 Å². The zero-order valence-corrected chi connectivity index (χ0v) is 26.8. The summed E-state index contributed by atoms with van der Waals surface area (Å²) in [7, 11) is -7.41. The number of hydrogen-bond acceptors (Lipinski definition) is 8. The lowest BCUT2D eigenvalue weighted by molar-refractivity contribution is 0.131. The van der Waals surface area contributed by atoms with Crippen LogP contribution in [0.3, 0.4) is 0 Å². The minimum Gasteiger partial charge on any atom is -0.491 e. The Morgan fingerprint density at radius 1 is 0.511 bits per heavy atom. The van der Waals surface area contributed by atoms with Gasteiger partial charge in [-0.3, -0.25) is 0 Å². The smallest absolute Gasteiger partial charge is 0.206 e. The van der Waals surface area contributed by atoms with Crippen LogP contribution in [-0.2, 0) is 19.7 Å². The molecule has 0 N–H and O–H groups in total. The molecule has 4 rings (SSSR count). The van der Waals surface area contributed by atoms with E-state index in [0.29, 0.717) is 42.6 Å². The lowest BCUT2D eigenvalue weighted by Gasteiger charge is -2.20. The molecule has 0 fully saturated rings. The average Bonchev–Trinajstić information content (AvgIpc) is 3.03. The zero-order chi connectivity index (χ0) is 32.5. The zero-order valence-electron chi connectivity index (χ0n) is 25.2. The maximum atomic E-state index is 13.0. The van der Waals surface area contributed by atoms with Crippen LogP contribution < -0.4 is 18.9 Å². The highest BCUT2D eigenvalue weighted by molar-refractivity contribution is 7.91. The number of sulfone groups is 2. The predicted molar refractivity (Wildman–Crippen MR) is 173 cm³/mol. The highest BCUT2D eigenvalue weighted by Gasteiger charge is 2.20. The number of ether oxygens (including phenoxy) is 4. The third-order valence-electron chi connectivity index (χ3n) is 6.61. The molecule has 10 heteroatoms. The predicted octanol–water partition coefficient (Wildman–Crippen LogP) is 7.11. The van der Waals surface area contributed by atoms with Crippen molar-refractivity contribution in [1.29, 1.82) is 0 Å². The van der Waals surface area contributed by atoms with Crippen molar-refractivity contribution in [2.75, 3.05) is 13.2 Å². The number of hydrogen-bond donors (Lipinski definition) is 0. The van der Waals surface area contributed by atoms with Crippen LogP contribution in [0.15, 0.2) is 142 Å². The standard InChI is InChI=1S/C35H36O8S2/c1-5-23-40-28-7-15-32(16-8-28)44(36,37)34-19-11-30(12-20-34)42-26(3)25-27(4)43-31-13-21-35(22-14-31)45(38,39)33-17-9-29(10-18-33)41-24-6-2/h5-22,26-27H,1-2,23-25H2,3-4H3. The van der Waals surface area contributed by atoms with E-state index in [2.05, 4.69) is 13.2 Å². The van der Waals surface area contributed by atoms with Gasteiger partial charge in [-0.1, -0.05) is 25.3 Å². The minimum atomic E-state index is -3.71. The van der Waals surface area contributed by atoms with E-state index in [1.54, 1.807) is 60.7 Å². The van der Waals surface area contributed by atoms with E-state index in [1.165, 1.54) is 48.5 Å². The number of benzene rings is 4. The minimum absolute atomic E-state index is 0.152. The van der Waals surface area contributed by atoms with Crippen molar-refractivity contribution in [2.45, 2.75) is 52.1 Å². The van der Waals surface area contributed by atoms with Crippen LogP contribution in [0.1, 0.15) is 20.3 Å². The Balaban J connectivity index is 1.30. The Morgan fingerprint density at radius 2 is 0.778 bits per heavy atom. The topological polar surface area (TPSA) is 105 Å². The summed E-state index contributed by atoms with van der Waals surface area (Å²) < 4.78 is 75.0. The fourth-order valence-electron chi connectivity index (χ4n) is 4.44. The first-order chi connectivity index (χ1) is 21.5. The molecule has 0 spiro atoms. The monoisotopic (exact) mass is 648 g/mol. The normalized spacial score (nSPS) is 12.8. The fraction of sp³-hybridized carbons (Fsp3) is 0.200. The van der Waals surface area contributed by atoms with Crippen LogP contribution in [-0.4, -0.2) is 42.3 Å². The summed E-state index contributed by atoms with van der Waals surface area (Å²) in [5.74, 6) is 2.17. The van der Waals surface area contributed by atoms with Gasteiger partial charge in [0.15, 0.2) is 0 Å². The van der Waals surface area contributed by atoms with Crippen LogP contribution in [0.5, 0.6) is 23.0 Å². The molecule has 4 aromatic carbocycles. The van der Waals surface area contributed by atoms with Gasteiger partial charge in [0.1, 0.15) is 36.2 Å². The molecule has 0 aliphatic heterocycles. The van der Waals surface area contributed by atoms with E-state index in [4.69, 9.17) is 18.9 Å². The van der Waals surface area contributed by atoms with E-state index in [9.17, 15) is 16.8 Å². The molecule has 0 heterocycles. The third kappa shape index (κ3) is 8.77. The first-order valence-corrected chi connectivity index (χ1v) is 17.2. The van der Waals surface area contributed by atoms with Crippen molar-refractivity contribution >= 4 is 19.7 Å². The lowest BCUT2D eigenvalue weighted by atomic mass is 10.2. The van der Waals surface area contributed by atoms with Crippen LogP contribution in [0.4, 0.5) is 0 Å². The summed E-state index contributed by atoms with van der Waals surface area (Å²) in [5.41, 5.74) is 0. The van der Waals surface area contributed by atoms with Crippen LogP contribution in [0.25, 0.3) is 0 Å². The van der Waals surface area contributed by atoms with E-state index in [0.717, 1.165) is 0 Å². The molecule has 0 bridgehead atoms. The van der Waals surface area contributed by atoms with Crippen LogP contribution >= 0.6 is 0 Å². The Kier molecular flexibility index (Phi) is 11.1. The van der Waals surface area contributed by atoms with Gasteiger partial charge in [-0.25, -0.2) is 16.8 Å². The van der Waals surface area contributed by atoms with Gasteiger partial charge in [-0.2, -0.15) is 0 Å². The molecule has 0 radical (unpaired) electrons. The first-order valence-electron chi connectivity index (χ1n) is 14.2. The van der Waals surface area contributed by atoms with E-state index in [1.807, 2.05) is 13.8 Å². The summed E-state index contributed by atoms with van der Waals surface area (Å²) in [6.45, 7) is 11.6. The fourth-order valence-corrected chi connectivity index (χ4v) is 6.96. The van der Waals surface area contributed by atoms with Crippen LogP contribution in [0, 0.1) is 0 Å². The molecular formula is C35H36O8S2. The Morgan fingerprint density at radius 3 is 1.04 bits per heavy atom. The molecule has 0 amide bonds. The molecule has 8 nitrogen and oxygen atoms in total. The maximum absolute atomic E-state index is 13.0. The van der Waals surface area contributed by atoms with E-state index >= 15 is 0 Å². The van der Waals surface area contributed by atoms with Crippen molar-refractivity contribution in [1.82, 2.24) is 0 Å². The second-order valence-corrected chi connectivity index (χ2v) is 14.1. The summed E-state index contributed by atoms with van der Waals surface area (Å²) in [6.07, 6.45) is 3.26. The number of rotatable bonds is 16. The molecular weight excluding hydrogens is 613 g/mol. The summed E-state index contributed by atoms with van der Waals surface area (Å²) in [5, 5.41) is 0. The first kappa shape index (κ1) is 33.4. The van der Waals surface area contributed by atoms with Crippen molar-refractivity contribution < 1.29 is 35.8 Å². The summed E-state index contributed by atoms with van der Waals surface area (Å²) in [4.78, 5) is 0.629. The van der Waals surface area contributed by atoms with E-state index in [-0.39, 0.29) is 31.8 Å². The van der Waals surface area contributed by atoms with Crippen LogP contribution in [0.2, 0.25) is 0 Å². The molecule has 0 aliphatic rings. The van der Waals surface area contributed by atoms with Crippen molar-refractivity contribution in [3.05, 3.63) is 122 Å². The van der Waals surface area contributed by atoms with Crippen molar-refractivity contribution in [3.63, 3.8) is 0 Å². The Labute approximate surface area is 265 Å². The molecule has 0 aromatic heterocycles.